The predicted molar refractivity (Wildman–Crippen MR) is 183 cm³/mol. The fraction of sp³-hybridized carbons (Fsp3) is 0.297. The number of carbonyl (C=O) groups is 4. The van der Waals surface area contributed by atoms with Crippen molar-refractivity contribution in [1.29, 1.82) is 5.26 Å². The number of carbonyl (C=O) groups excluding carboxylic acids is 2. The third kappa shape index (κ3) is 6.89. The van der Waals surface area contributed by atoms with Crippen LogP contribution >= 0.6 is 0 Å². The molecule has 14 heteroatoms. The van der Waals surface area contributed by atoms with E-state index in [-0.39, 0.29) is 17.2 Å². The summed E-state index contributed by atoms with van der Waals surface area (Å²) in [5.41, 5.74) is -4.60. The van der Waals surface area contributed by atoms with E-state index in [4.69, 9.17) is 0 Å². The van der Waals surface area contributed by atoms with E-state index in [1.807, 2.05) is 29.3 Å². The number of Topliss-reactive ketones (excluding diaryl/α,β-unsaturated/α-hetero) is 2. The number of ketones is 2. The quantitative estimate of drug-likeness (QED) is 0.0953. The van der Waals surface area contributed by atoms with Crippen molar-refractivity contribution >= 4 is 34.5 Å². The summed E-state index contributed by atoms with van der Waals surface area (Å²) in [6, 6.07) is 14.8. The number of aliphatic carboxylic acids is 2. The molecule has 3 aromatic heterocycles. The number of H-pyrrole nitrogens is 1. The summed E-state index contributed by atoms with van der Waals surface area (Å²) in [5, 5.41) is 55.0. The van der Waals surface area contributed by atoms with Crippen LogP contribution in [0.3, 0.4) is 0 Å². The lowest BCUT2D eigenvalue weighted by molar-refractivity contribution is -0.187. The summed E-state index contributed by atoms with van der Waals surface area (Å²) in [6.45, 7) is 3.37. The summed E-state index contributed by atoms with van der Waals surface area (Å²) < 4.78 is 1.97. The van der Waals surface area contributed by atoms with E-state index in [2.05, 4.69) is 26.1 Å². The van der Waals surface area contributed by atoms with Crippen LogP contribution in [0.2, 0.25) is 0 Å². The number of fused-ring (bicyclic) bond motifs is 1. The highest BCUT2D eigenvalue weighted by atomic mass is 16.5. The predicted octanol–water partition coefficient (Wildman–Crippen LogP) is 4.47. The van der Waals surface area contributed by atoms with Crippen LogP contribution in [0.25, 0.3) is 22.3 Å². The molecule has 0 aliphatic heterocycles. The molecule has 3 heterocycles. The Bertz CT molecular complexity index is 2030. The lowest BCUT2D eigenvalue weighted by Gasteiger charge is -2.34. The first-order valence-corrected chi connectivity index (χ1v) is 16.2. The number of hydrogen-bond donors (Lipinski definition) is 5. The molecule has 262 valence electrons. The smallest absolute Gasteiger partial charge is 0.348 e. The van der Waals surface area contributed by atoms with E-state index in [9.17, 15) is 44.9 Å². The third-order valence-corrected chi connectivity index (χ3v) is 9.24. The largest absolute Gasteiger partial charge is 0.479 e. The highest BCUT2D eigenvalue weighted by Gasteiger charge is 2.69. The molecule has 2 unspecified atom stereocenters. The van der Waals surface area contributed by atoms with E-state index >= 15 is 0 Å². The van der Waals surface area contributed by atoms with Gasteiger partial charge in [0.1, 0.15) is 12.0 Å². The Morgan fingerprint density at radius 2 is 1.41 bits per heavy atom. The second-order valence-electron chi connectivity index (χ2n) is 12.6. The topological polar surface area (TPSA) is 232 Å². The van der Waals surface area contributed by atoms with Gasteiger partial charge in [0.25, 0.3) is 11.2 Å². The first kappa shape index (κ1) is 36.2. The molecule has 1 saturated carbocycles. The summed E-state index contributed by atoms with van der Waals surface area (Å²) >= 11 is 0. The van der Waals surface area contributed by atoms with Crippen LogP contribution in [-0.2, 0) is 9.59 Å². The number of aryl methyl sites for hydroxylation is 2. The molecular weight excluding hydrogens is 656 g/mol. The molecule has 51 heavy (non-hydrogen) atoms. The van der Waals surface area contributed by atoms with Crippen LogP contribution in [0.5, 0.6) is 0 Å². The molecule has 5 N–H and O–H groups in total. The van der Waals surface area contributed by atoms with Gasteiger partial charge in [-0.1, -0.05) is 72.5 Å². The maximum atomic E-state index is 12.8. The highest BCUT2D eigenvalue weighted by molar-refractivity contribution is 6.28. The average Bonchev–Trinajstić information content (AvgIpc) is 3.93. The summed E-state index contributed by atoms with van der Waals surface area (Å²) in [6.07, 6.45) is 12.7. The minimum atomic E-state index is -3.96. The molecule has 0 radical (unpaired) electrons. The standard InChI is InChI=1S/C20H18O8.C17H18N6/c1-11-3-7-13(8-4-11)15(21)19(27,17(23)24)20(28,18(25)26)16(22)14-9-5-12(2)6-10-14;18-7-5-15(12-3-1-2-4-12)23-10-13(9-22-23)16-14-6-8-19-17(14)21-11-20-16/h3-10,27-28H,1-2H3,(H,23,24)(H,25,26);6,8-12,15H,1-5H2,(H,19,20,21)/t;15-/m.1/s1. The molecule has 1 fully saturated rings. The zero-order valence-corrected chi connectivity index (χ0v) is 27.9. The monoisotopic (exact) mass is 692 g/mol. The Labute approximate surface area is 292 Å². The van der Waals surface area contributed by atoms with Crippen LogP contribution < -0.4 is 0 Å². The van der Waals surface area contributed by atoms with Crippen LogP contribution in [0.15, 0.2) is 79.5 Å². The van der Waals surface area contributed by atoms with Gasteiger partial charge in [-0.25, -0.2) is 19.6 Å². The maximum Gasteiger partial charge on any atom is 0.348 e. The number of nitrogens with zero attached hydrogens (tertiary/aromatic N) is 5. The molecule has 1 aliphatic carbocycles. The van der Waals surface area contributed by atoms with Gasteiger partial charge in [0.2, 0.25) is 11.6 Å². The Hall–Kier alpha value is -6.04. The molecule has 0 amide bonds. The molecule has 0 saturated heterocycles. The number of aromatic amines is 1. The van der Waals surface area contributed by atoms with Gasteiger partial charge in [-0.3, -0.25) is 14.3 Å². The van der Waals surface area contributed by atoms with Crippen LogP contribution in [0.4, 0.5) is 0 Å². The number of benzene rings is 2. The van der Waals surface area contributed by atoms with Crippen molar-refractivity contribution in [2.45, 2.75) is 63.2 Å². The van der Waals surface area contributed by atoms with Crippen molar-refractivity contribution in [3.05, 3.63) is 102 Å². The molecule has 1 aliphatic rings. The number of aromatic nitrogens is 5. The minimum Gasteiger partial charge on any atom is -0.479 e. The molecular formula is C37H36N6O8. The van der Waals surface area contributed by atoms with Crippen molar-refractivity contribution in [2.75, 3.05) is 0 Å². The SMILES string of the molecule is Cc1ccc(C(=O)C(O)(C(=O)O)C(O)(C(=O)O)C(=O)c2ccc(C)cc2)cc1.N#CC[C@H](C1CCCC1)n1cc(-c2ncnc3[nH]ccc23)cn1. The molecule has 3 atom stereocenters. The highest BCUT2D eigenvalue weighted by Crippen LogP contribution is 2.37. The van der Waals surface area contributed by atoms with Gasteiger partial charge in [0.15, 0.2) is 0 Å². The van der Waals surface area contributed by atoms with Gasteiger partial charge < -0.3 is 25.4 Å². The zero-order valence-electron chi connectivity index (χ0n) is 27.9. The fourth-order valence-electron chi connectivity index (χ4n) is 6.32. The van der Waals surface area contributed by atoms with Gasteiger partial charge in [0, 0.05) is 34.5 Å². The summed E-state index contributed by atoms with van der Waals surface area (Å²) in [5.74, 6) is -7.46. The lowest BCUT2D eigenvalue weighted by Crippen LogP contribution is -2.71. The van der Waals surface area contributed by atoms with Gasteiger partial charge >= 0.3 is 11.9 Å². The van der Waals surface area contributed by atoms with Gasteiger partial charge in [-0.2, -0.15) is 10.4 Å². The van der Waals surface area contributed by atoms with Crippen molar-refractivity contribution in [3.8, 4) is 17.3 Å². The van der Waals surface area contributed by atoms with E-state index in [1.54, 1.807) is 20.2 Å². The number of rotatable bonds is 11. The van der Waals surface area contributed by atoms with Crippen molar-refractivity contribution < 1.29 is 39.6 Å². The maximum absolute atomic E-state index is 12.8. The molecule has 5 aromatic rings. The average molecular weight is 693 g/mol. The number of carboxylic acids is 2. The molecule has 6 rings (SSSR count). The Balaban J connectivity index is 0.000000201. The van der Waals surface area contributed by atoms with Crippen molar-refractivity contribution in [1.82, 2.24) is 24.7 Å². The molecule has 14 nitrogen and oxygen atoms in total. The van der Waals surface area contributed by atoms with Gasteiger partial charge in [-0.05, 0) is 38.7 Å². The van der Waals surface area contributed by atoms with E-state index in [1.165, 1.54) is 49.9 Å². The molecule has 0 spiro atoms. The second kappa shape index (κ2) is 14.8. The number of hydrogen-bond acceptors (Lipinski definition) is 10. The number of aliphatic hydroxyl groups is 2. The fourth-order valence-corrected chi connectivity index (χ4v) is 6.32. The first-order valence-electron chi connectivity index (χ1n) is 16.2. The van der Waals surface area contributed by atoms with Crippen LogP contribution in [0, 0.1) is 31.1 Å². The normalized spacial score (nSPS) is 15.8. The summed E-state index contributed by atoms with van der Waals surface area (Å²) in [4.78, 5) is 60.8. The third-order valence-electron chi connectivity index (χ3n) is 9.24. The van der Waals surface area contributed by atoms with Crippen LogP contribution in [0.1, 0.15) is 70.0 Å². The van der Waals surface area contributed by atoms with Crippen molar-refractivity contribution in [3.63, 3.8) is 0 Å². The number of nitrogens with one attached hydrogen (secondary N) is 1. The van der Waals surface area contributed by atoms with Gasteiger partial charge in [-0.15, -0.1) is 0 Å². The second-order valence-corrected chi connectivity index (χ2v) is 12.6. The molecule has 0 bridgehead atoms. The summed E-state index contributed by atoms with van der Waals surface area (Å²) in [7, 11) is 0. The first-order chi connectivity index (χ1) is 24.3. The molecule has 2 aromatic carbocycles. The van der Waals surface area contributed by atoms with Crippen molar-refractivity contribution in [2.24, 2.45) is 5.92 Å². The number of nitriles is 1. The zero-order chi connectivity index (χ0) is 36.9. The minimum absolute atomic E-state index is 0.166. The van der Waals surface area contributed by atoms with E-state index in [0.717, 1.165) is 46.6 Å². The van der Waals surface area contributed by atoms with Gasteiger partial charge in [0.05, 0.1) is 30.4 Å². The van der Waals surface area contributed by atoms with E-state index < -0.39 is 34.7 Å². The number of carboxylic acid groups (broad SMARTS) is 2. The Morgan fingerprint density at radius 3 is 1.90 bits per heavy atom. The van der Waals surface area contributed by atoms with Crippen LogP contribution in [-0.4, -0.2) is 79.9 Å². The Morgan fingerprint density at radius 1 is 0.882 bits per heavy atom. The lowest BCUT2D eigenvalue weighted by atomic mass is 9.73. The van der Waals surface area contributed by atoms with E-state index in [0.29, 0.717) is 23.5 Å². The Kier molecular flexibility index (Phi) is 10.5.